The van der Waals surface area contributed by atoms with Gasteiger partial charge in [-0.1, -0.05) is 58.5 Å². The summed E-state index contributed by atoms with van der Waals surface area (Å²) in [6.45, 7) is 1.28. The van der Waals surface area contributed by atoms with Gasteiger partial charge in [-0.05, 0) is 30.3 Å². The lowest BCUT2D eigenvalue weighted by atomic mass is 10.2. The summed E-state index contributed by atoms with van der Waals surface area (Å²) in [4.78, 5) is 8.48. The Morgan fingerprint density at radius 2 is 1.26 bits per heavy atom. The monoisotopic (exact) mass is 540 g/mol. The number of rotatable bonds is 10. The molecule has 0 aliphatic carbocycles. The van der Waals surface area contributed by atoms with Crippen LogP contribution in [0.3, 0.4) is 0 Å². The van der Waals surface area contributed by atoms with Crippen LogP contribution < -0.4 is 9.47 Å². The molecule has 3 aromatic rings. The zero-order chi connectivity index (χ0) is 24.5. The van der Waals surface area contributed by atoms with Gasteiger partial charge in [0.15, 0.2) is 11.5 Å². The maximum atomic E-state index is 9.95. The average molecular weight is 542 g/mol. The molecule has 0 bridgehead atoms. The van der Waals surface area contributed by atoms with E-state index < -0.39 is 0 Å². The van der Waals surface area contributed by atoms with E-state index in [1.165, 1.54) is 30.6 Å². The Kier molecular flexibility index (Phi) is 9.72. The number of aliphatic imine (C=N–C) groups is 2. The summed E-state index contributed by atoms with van der Waals surface area (Å²) in [5, 5.41) is 21.0. The fourth-order valence-corrected chi connectivity index (χ4v) is 3.61. The molecule has 2 N–H and O–H groups in total. The number of para-hydroxylation sites is 2. The second-order valence-electron chi connectivity index (χ2n) is 6.86. The first-order valence-electron chi connectivity index (χ1n) is 10.1. The van der Waals surface area contributed by atoms with Gasteiger partial charge in [0.1, 0.15) is 24.7 Å². The van der Waals surface area contributed by atoms with Crippen molar-refractivity contribution in [2.24, 2.45) is 9.98 Å². The van der Waals surface area contributed by atoms with Crippen LogP contribution in [-0.4, -0.2) is 48.9 Å². The predicted molar refractivity (Wildman–Crippen MR) is 139 cm³/mol. The minimum atomic E-state index is -0.0773. The van der Waals surface area contributed by atoms with Crippen LogP contribution in [0.25, 0.3) is 0 Å². The molecule has 0 radical (unpaired) electrons. The Hall–Kier alpha value is -2.64. The quantitative estimate of drug-likeness (QED) is 0.221. The summed E-state index contributed by atoms with van der Waals surface area (Å²) in [6, 6.07) is 13.2. The van der Waals surface area contributed by atoms with E-state index in [4.69, 9.17) is 55.9 Å². The van der Waals surface area contributed by atoms with Crippen LogP contribution >= 0.6 is 46.4 Å². The highest BCUT2D eigenvalue weighted by Crippen LogP contribution is 2.31. The average Bonchev–Trinajstić information content (AvgIpc) is 2.80. The van der Waals surface area contributed by atoms with Crippen LogP contribution in [0.15, 0.2) is 58.5 Å². The van der Waals surface area contributed by atoms with Crippen molar-refractivity contribution in [1.82, 2.24) is 0 Å². The van der Waals surface area contributed by atoms with Crippen molar-refractivity contribution >= 4 is 58.8 Å². The molecule has 178 valence electrons. The van der Waals surface area contributed by atoms with E-state index in [0.29, 0.717) is 59.0 Å². The molecule has 0 saturated heterocycles. The molecule has 0 atom stereocenters. The molecule has 0 aliphatic rings. The number of benzene rings is 3. The van der Waals surface area contributed by atoms with Crippen molar-refractivity contribution in [2.45, 2.75) is 0 Å². The lowest BCUT2D eigenvalue weighted by Crippen LogP contribution is -2.06. The van der Waals surface area contributed by atoms with E-state index in [0.717, 1.165) is 0 Å². The minimum Gasteiger partial charge on any atom is -0.507 e. The van der Waals surface area contributed by atoms with Crippen molar-refractivity contribution in [2.75, 3.05) is 26.3 Å². The van der Waals surface area contributed by atoms with Crippen LogP contribution in [0.2, 0.25) is 20.1 Å². The summed E-state index contributed by atoms with van der Waals surface area (Å²) in [7, 11) is 0. The SMILES string of the molecule is Oc1cc(Cl)c(Cl)cc1C=NCCOc1ccccc1OCCN=Cc1cc(Cl)cc(Cl)c1O. The van der Waals surface area contributed by atoms with E-state index >= 15 is 0 Å². The summed E-state index contributed by atoms with van der Waals surface area (Å²) in [6.07, 6.45) is 2.99. The number of phenols is 2. The largest absolute Gasteiger partial charge is 0.507 e. The highest BCUT2D eigenvalue weighted by molar-refractivity contribution is 6.42. The van der Waals surface area contributed by atoms with Crippen LogP contribution in [-0.2, 0) is 0 Å². The minimum absolute atomic E-state index is 0.00542. The number of hydrogen-bond donors (Lipinski definition) is 2. The molecule has 6 nitrogen and oxygen atoms in total. The number of aromatic hydroxyl groups is 2. The molecule has 0 unspecified atom stereocenters. The lowest BCUT2D eigenvalue weighted by molar-refractivity contribution is 0.278. The van der Waals surface area contributed by atoms with Gasteiger partial charge in [0, 0.05) is 34.6 Å². The second kappa shape index (κ2) is 12.7. The Labute approximate surface area is 217 Å². The molecule has 0 spiro atoms. The predicted octanol–water partition coefficient (Wildman–Crippen LogP) is 6.71. The molecule has 34 heavy (non-hydrogen) atoms. The second-order valence-corrected chi connectivity index (χ2v) is 8.52. The van der Waals surface area contributed by atoms with Crippen molar-refractivity contribution in [3.8, 4) is 23.0 Å². The zero-order valence-corrected chi connectivity index (χ0v) is 20.7. The summed E-state index contributed by atoms with van der Waals surface area (Å²) >= 11 is 23.7. The van der Waals surface area contributed by atoms with Gasteiger partial charge in [0.05, 0.1) is 28.2 Å². The van der Waals surface area contributed by atoms with Crippen molar-refractivity contribution < 1.29 is 19.7 Å². The molecule has 0 fully saturated rings. The number of hydrogen-bond acceptors (Lipinski definition) is 6. The third-order valence-corrected chi connectivity index (χ3v) is 5.62. The highest BCUT2D eigenvalue weighted by atomic mass is 35.5. The van der Waals surface area contributed by atoms with Gasteiger partial charge in [-0.2, -0.15) is 0 Å². The Bertz CT molecular complexity index is 1200. The van der Waals surface area contributed by atoms with Crippen LogP contribution in [0.4, 0.5) is 0 Å². The van der Waals surface area contributed by atoms with E-state index in [1.807, 2.05) is 12.1 Å². The Morgan fingerprint density at radius 1 is 0.706 bits per heavy atom. The highest BCUT2D eigenvalue weighted by Gasteiger charge is 2.07. The molecule has 0 heterocycles. The zero-order valence-electron chi connectivity index (χ0n) is 17.7. The molecular formula is C24H20Cl4N2O4. The summed E-state index contributed by atoms with van der Waals surface area (Å²) in [5.41, 5.74) is 0.892. The third kappa shape index (κ3) is 7.43. The van der Waals surface area contributed by atoms with E-state index in [1.54, 1.807) is 18.2 Å². The summed E-state index contributed by atoms with van der Waals surface area (Å²) in [5.74, 6) is 1.05. The lowest BCUT2D eigenvalue weighted by Gasteiger charge is -2.11. The topological polar surface area (TPSA) is 83.6 Å². The van der Waals surface area contributed by atoms with Crippen molar-refractivity contribution in [3.63, 3.8) is 0 Å². The maximum absolute atomic E-state index is 9.95. The van der Waals surface area contributed by atoms with Crippen molar-refractivity contribution in [3.05, 3.63) is 79.7 Å². The molecule has 3 aromatic carbocycles. The first-order valence-corrected chi connectivity index (χ1v) is 11.6. The number of nitrogens with zero attached hydrogens (tertiary/aromatic N) is 2. The molecule has 3 rings (SSSR count). The third-order valence-electron chi connectivity index (χ3n) is 4.39. The first kappa shape index (κ1) is 26.0. The van der Waals surface area contributed by atoms with Crippen LogP contribution in [0.5, 0.6) is 23.0 Å². The molecule has 0 saturated carbocycles. The van der Waals surface area contributed by atoms with E-state index in [-0.39, 0.29) is 21.5 Å². The number of phenolic OH excluding ortho intramolecular Hbond substituents is 2. The number of halogens is 4. The van der Waals surface area contributed by atoms with E-state index in [9.17, 15) is 10.2 Å². The fraction of sp³-hybridized carbons (Fsp3) is 0.167. The van der Waals surface area contributed by atoms with Crippen LogP contribution in [0, 0.1) is 0 Å². The van der Waals surface area contributed by atoms with Gasteiger partial charge in [-0.3, -0.25) is 9.98 Å². The smallest absolute Gasteiger partial charge is 0.161 e. The molecule has 10 heteroatoms. The Balaban J connectivity index is 1.48. The Morgan fingerprint density at radius 3 is 1.88 bits per heavy atom. The standard InChI is InChI=1S/C24H20Cl4N2O4/c25-17-9-16(24(32)20(28)11-17)14-30-6-8-34-23-4-2-1-3-22(23)33-7-5-29-13-15-10-18(26)19(27)12-21(15)31/h1-4,9-14,31-32H,5-8H2. The van der Waals surface area contributed by atoms with Crippen LogP contribution in [0.1, 0.15) is 11.1 Å². The molecular weight excluding hydrogens is 522 g/mol. The molecule has 0 aliphatic heterocycles. The fourth-order valence-electron chi connectivity index (χ4n) is 2.77. The number of ether oxygens (including phenoxy) is 2. The van der Waals surface area contributed by atoms with Gasteiger partial charge in [-0.25, -0.2) is 0 Å². The van der Waals surface area contributed by atoms with Gasteiger partial charge in [-0.15, -0.1) is 0 Å². The van der Waals surface area contributed by atoms with Gasteiger partial charge in [0.2, 0.25) is 0 Å². The van der Waals surface area contributed by atoms with Crippen molar-refractivity contribution in [1.29, 1.82) is 0 Å². The van der Waals surface area contributed by atoms with Gasteiger partial charge in [0.25, 0.3) is 0 Å². The molecule has 0 amide bonds. The first-order chi connectivity index (χ1) is 16.3. The maximum Gasteiger partial charge on any atom is 0.161 e. The van der Waals surface area contributed by atoms with Gasteiger partial charge >= 0.3 is 0 Å². The normalized spacial score (nSPS) is 11.4. The summed E-state index contributed by atoms with van der Waals surface area (Å²) < 4.78 is 11.5. The molecule has 0 aromatic heterocycles. The van der Waals surface area contributed by atoms with Gasteiger partial charge < -0.3 is 19.7 Å². The van der Waals surface area contributed by atoms with E-state index in [2.05, 4.69) is 9.98 Å².